The Balaban J connectivity index is 1.74. The first-order chi connectivity index (χ1) is 13.3. The molecule has 7 nitrogen and oxygen atoms in total. The first kappa shape index (κ1) is 18.2. The highest BCUT2D eigenvalue weighted by Gasteiger charge is 2.30. The Bertz CT molecular complexity index is 1080. The molecule has 2 N–H and O–H groups in total. The third-order valence-electron chi connectivity index (χ3n) is 4.98. The number of rotatable bonds is 5. The van der Waals surface area contributed by atoms with Crippen molar-refractivity contribution in [3.8, 4) is 0 Å². The van der Waals surface area contributed by atoms with Crippen molar-refractivity contribution in [2.45, 2.75) is 45.6 Å². The van der Waals surface area contributed by atoms with E-state index in [0.29, 0.717) is 33.8 Å². The highest BCUT2D eigenvalue weighted by atomic mass is 16.5. The average molecular weight is 379 g/mol. The van der Waals surface area contributed by atoms with Gasteiger partial charge in [-0.05, 0) is 45.2 Å². The Labute approximate surface area is 161 Å². The van der Waals surface area contributed by atoms with Crippen molar-refractivity contribution in [1.29, 1.82) is 0 Å². The lowest BCUT2D eigenvalue weighted by Crippen LogP contribution is -2.34. The Morgan fingerprint density at radius 1 is 1.14 bits per heavy atom. The van der Waals surface area contributed by atoms with Crippen molar-refractivity contribution in [2.75, 3.05) is 0 Å². The molecule has 3 aromatic rings. The minimum Gasteiger partial charge on any atom is -0.479 e. The molecule has 0 spiro atoms. The zero-order chi connectivity index (χ0) is 20.0. The van der Waals surface area contributed by atoms with E-state index in [1.54, 1.807) is 25.1 Å². The summed E-state index contributed by atoms with van der Waals surface area (Å²) in [6.07, 6.45) is 2.04. The summed E-state index contributed by atoms with van der Waals surface area (Å²) in [6, 6.07) is 6.08. The third kappa shape index (κ3) is 3.35. The fourth-order valence-electron chi connectivity index (χ4n) is 3.55. The van der Waals surface area contributed by atoms with Gasteiger partial charge < -0.3 is 14.9 Å². The van der Waals surface area contributed by atoms with Crippen LogP contribution in [0.2, 0.25) is 0 Å². The Morgan fingerprint density at radius 3 is 2.43 bits per heavy atom. The van der Waals surface area contributed by atoms with Crippen LogP contribution in [0.1, 0.15) is 63.2 Å². The maximum atomic E-state index is 13.1. The van der Waals surface area contributed by atoms with E-state index in [2.05, 4.69) is 15.5 Å². The van der Waals surface area contributed by atoms with Crippen molar-refractivity contribution in [1.82, 2.24) is 15.5 Å². The van der Waals surface area contributed by atoms with Gasteiger partial charge in [0.15, 0.2) is 6.04 Å². The van der Waals surface area contributed by atoms with Crippen LogP contribution in [-0.2, 0) is 4.79 Å². The van der Waals surface area contributed by atoms with Gasteiger partial charge in [-0.25, -0.2) is 9.78 Å². The van der Waals surface area contributed by atoms with Gasteiger partial charge in [-0.2, -0.15) is 0 Å². The number of benzene rings is 1. The number of hydrogen-bond acceptors (Lipinski definition) is 5. The third-order valence-corrected chi connectivity index (χ3v) is 4.98. The van der Waals surface area contributed by atoms with Crippen LogP contribution in [0.25, 0.3) is 11.1 Å². The van der Waals surface area contributed by atoms with Crippen LogP contribution in [0.5, 0.6) is 0 Å². The van der Waals surface area contributed by atoms with E-state index >= 15 is 0 Å². The minimum atomic E-state index is -1.15. The lowest BCUT2D eigenvalue weighted by Gasteiger charge is -2.17. The van der Waals surface area contributed by atoms with E-state index < -0.39 is 17.9 Å². The molecule has 0 bridgehead atoms. The molecule has 1 unspecified atom stereocenters. The van der Waals surface area contributed by atoms with E-state index in [1.165, 1.54) is 0 Å². The highest BCUT2D eigenvalue weighted by molar-refractivity contribution is 6.07. The number of carbonyl (C=O) groups is 2. The highest BCUT2D eigenvalue weighted by Crippen LogP contribution is 2.40. The zero-order valence-corrected chi connectivity index (χ0v) is 15.9. The van der Waals surface area contributed by atoms with E-state index in [1.807, 2.05) is 19.9 Å². The van der Waals surface area contributed by atoms with Gasteiger partial charge >= 0.3 is 5.97 Å². The molecule has 4 rings (SSSR count). The van der Waals surface area contributed by atoms with Crippen LogP contribution < -0.4 is 5.32 Å². The Morgan fingerprint density at radius 2 is 1.82 bits per heavy atom. The van der Waals surface area contributed by atoms with Crippen molar-refractivity contribution in [3.05, 3.63) is 57.9 Å². The van der Waals surface area contributed by atoms with Gasteiger partial charge in [0.05, 0.1) is 16.6 Å². The molecule has 144 valence electrons. The maximum Gasteiger partial charge on any atom is 0.330 e. The number of aromatic nitrogens is 2. The van der Waals surface area contributed by atoms with Gasteiger partial charge in [0.2, 0.25) is 0 Å². The second-order valence-corrected chi connectivity index (χ2v) is 7.48. The number of carbonyl (C=O) groups excluding carboxylic acids is 1. The smallest absolute Gasteiger partial charge is 0.330 e. The topological polar surface area (TPSA) is 105 Å². The molecule has 0 saturated heterocycles. The molecule has 2 heterocycles. The van der Waals surface area contributed by atoms with Gasteiger partial charge in [0, 0.05) is 11.6 Å². The van der Waals surface area contributed by atoms with Crippen molar-refractivity contribution in [3.63, 3.8) is 0 Å². The van der Waals surface area contributed by atoms with Crippen LogP contribution in [0.3, 0.4) is 0 Å². The van der Waals surface area contributed by atoms with Crippen LogP contribution in [0.4, 0.5) is 0 Å². The van der Waals surface area contributed by atoms with Gasteiger partial charge in [0.1, 0.15) is 0 Å². The number of nitrogens with one attached hydrogen (secondary N) is 1. The van der Waals surface area contributed by atoms with Crippen molar-refractivity contribution < 1.29 is 19.2 Å². The number of aliphatic carboxylic acids is 1. The van der Waals surface area contributed by atoms with Crippen molar-refractivity contribution in [2.24, 2.45) is 0 Å². The molecule has 1 amide bonds. The number of aryl methyl sites for hydroxylation is 3. The number of nitrogens with zero attached hydrogens (tertiary/aromatic N) is 2. The summed E-state index contributed by atoms with van der Waals surface area (Å²) in [4.78, 5) is 29.5. The first-order valence-corrected chi connectivity index (χ1v) is 9.22. The maximum absolute atomic E-state index is 13.1. The normalized spacial score (nSPS) is 14.8. The summed E-state index contributed by atoms with van der Waals surface area (Å²) >= 11 is 0. The molecule has 1 aliphatic carbocycles. The summed E-state index contributed by atoms with van der Waals surface area (Å²) in [5.41, 5.74) is 4.40. The molecule has 1 fully saturated rings. The van der Waals surface area contributed by atoms with Gasteiger partial charge in [-0.3, -0.25) is 4.79 Å². The number of hydrogen-bond donors (Lipinski definition) is 2. The van der Waals surface area contributed by atoms with Crippen LogP contribution in [0.15, 0.2) is 28.8 Å². The monoisotopic (exact) mass is 379 g/mol. The second kappa shape index (κ2) is 6.74. The number of carboxylic acids is 1. The summed E-state index contributed by atoms with van der Waals surface area (Å²) in [5.74, 6) is -1.28. The zero-order valence-electron chi connectivity index (χ0n) is 15.9. The molecule has 28 heavy (non-hydrogen) atoms. The standard InChI is InChI=1S/C21H21N3O4/c1-10-6-11(2)8-14(7-10)18(21(26)27)23-19(25)15-9-16(13-4-5-13)22-20-17(15)12(3)24-28-20/h6-9,13,18H,4-5H2,1-3H3,(H,23,25)(H,26,27). The molecular weight excluding hydrogens is 358 g/mol. The summed E-state index contributed by atoms with van der Waals surface area (Å²) in [6.45, 7) is 5.53. The molecule has 1 saturated carbocycles. The van der Waals surface area contributed by atoms with Crippen LogP contribution in [0, 0.1) is 20.8 Å². The van der Waals surface area contributed by atoms with Gasteiger partial charge in [-0.1, -0.05) is 34.5 Å². The predicted octanol–water partition coefficient (Wildman–Crippen LogP) is 3.58. The largest absolute Gasteiger partial charge is 0.479 e. The molecular formula is C21H21N3O4. The second-order valence-electron chi connectivity index (χ2n) is 7.48. The SMILES string of the molecule is Cc1cc(C)cc(C(NC(=O)c2cc(C3CC3)nc3onc(C)c23)C(=O)O)c1. The predicted molar refractivity (Wildman–Crippen MR) is 102 cm³/mol. The van der Waals surface area contributed by atoms with E-state index in [9.17, 15) is 14.7 Å². The summed E-state index contributed by atoms with van der Waals surface area (Å²) in [5, 5.41) is 16.8. The van der Waals surface area contributed by atoms with Crippen LogP contribution >= 0.6 is 0 Å². The summed E-state index contributed by atoms with van der Waals surface area (Å²) in [7, 11) is 0. The fraction of sp³-hybridized carbons (Fsp3) is 0.333. The van der Waals surface area contributed by atoms with Gasteiger partial charge in [-0.15, -0.1) is 0 Å². The number of fused-ring (bicyclic) bond motifs is 1. The van der Waals surface area contributed by atoms with E-state index in [-0.39, 0.29) is 0 Å². The molecule has 1 aromatic carbocycles. The Hall–Kier alpha value is -3.22. The number of amides is 1. The molecule has 1 aliphatic rings. The van der Waals surface area contributed by atoms with E-state index in [0.717, 1.165) is 29.7 Å². The summed E-state index contributed by atoms with van der Waals surface area (Å²) < 4.78 is 5.27. The van der Waals surface area contributed by atoms with Crippen LogP contribution in [-0.4, -0.2) is 27.1 Å². The number of pyridine rings is 1. The Kier molecular flexibility index (Phi) is 4.37. The molecule has 2 aromatic heterocycles. The molecule has 0 aliphatic heterocycles. The van der Waals surface area contributed by atoms with Crippen molar-refractivity contribution >= 4 is 23.0 Å². The lowest BCUT2D eigenvalue weighted by molar-refractivity contribution is -0.139. The minimum absolute atomic E-state index is 0.310. The molecule has 7 heteroatoms. The lowest BCUT2D eigenvalue weighted by atomic mass is 10.0. The van der Waals surface area contributed by atoms with E-state index in [4.69, 9.17) is 4.52 Å². The van der Waals surface area contributed by atoms with Gasteiger partial charge in [0.25, 0.3) is 11.6 Å². The first-order valence-electron chi connectivity index (χ1n) is 9.22. The fourth-order valence-corrected chi connectivity index (χ4v) is 3.55. The average Bonchev–Trinajstić information content (AvgIpc) is 3.41. The number of carboxylic acid groups (broad SMARTS) is 1. The molecule has 0 radical (unpaired) electrons. The molecule has 1 atom stereocenters. The quantitative estimate of drug-likeness (QED) is 0.702.